The summed E-state index contributed by atoms with van der Waals surface area (Å²) in [6, 6.07) is 15.5. The number of fused-ring (bicyclic) bond motifs is 1. The van der Waals surface area contributed by atoms with E-state index in [0.717, 1.165) is 13.0 Å². The lowest BCUT2D eigenvalue weighted by atomic mass is 10.0. The second-order valence-corrected chi connectivity index (χ2v) is 5.07. The minimum absolute atomic E-state index is 0.571. The van der Waals surface area contributed by atoms with Gasteiger partial charge in [-0.05, 0) is 35.6 Å². The van der Waals surface area contributed by atoms with Crippen LogP contribution < -0.4 is 11.1 Å². The lowest BCUT2D eigenvalue weighted by molar-refractivity contribution is 0.871. The first-order valence-electron chi connectivity index (χ1n) is 6.86. The lowest BCUT2D eigenvalue weighted by Gasteiger charge is -2.06. The van der Waals surface area contributed by atoms with Crippen molar-refractivity contribution in [2.75, 3.05) is 6.54 Å². The molecule has 3 N–H and O–H groups in total. The van der Waals surface area contributed by atoms with E-state index in [1.54, 1.807) is 0 Å². The number of benzene rings is 2. The molecule has 3 rings (SSSR count). The van der Waals surface area contributed by atoms with Crippen LogP contribution in [-0.2, 0) is 6.42 Å². The quantitative estimate of drug-likeness (QED) is 0.649. The fourth-order valence-corrected chi connectivity index (χ4v) is 2.29. The van der Waals surface area contributed by atoms with Crippen molar-refractivity contribution in [3.63, 3.8) is 0 Å². The number of hydrogen-bond acceptors (Lipinski definition) is 1. The summed E-state index contributed by atoms with van der Waals surface area (Å²) in [4.78, 5) is 4.39. The number of guanidine groups is 1. The molecule has 1 fully saturated rings. The van der Waals surface area contributed by atoms with E-state index in [4.69, 9.17) is 5.73 Å². The first kappa shape index (κ1) is 12.0. The second kappa shape index (κ2) is 5.31. The monoisotopic (exact) mass is 253 g/mol. The first-order valence-corrected chi connectivity index (χ1v) is 6.86. The molecular formula is C16H19N3. The molecule has 98 valence electrons. The number of nitrogens with two attached hydrogens (primary N) is 1. The van der Waals surface area contributed by atoms with Crippen LogP contribution in [0.3, 0.4) is 0 Å². The number of nitrogens with one attached hydrogen (secondary N) is 1. The number of hydrogen-bond donors (Lipinski definition) is 2. The van der Waals surface area contributed by atoms with Crippen molar-refractivity contribution < 1.29 is 0 Å². The van der Waals surface area contributed by atoms with Crippen molar-refractivity contribution >= 4 is 16.7 Å². The molecule has 19 heavy (non-hydrogen) atoms. The Kier molecular flexibility index (Phi) is 3.36. The molecular weight excluding hydrogens is 234 g/mol. The molecule has 0 heterocycles. The zero-order valence-corrected chi connectivity index (χ0v) is 11.0. The molecule has 2 aromatic rings. The maximum absolute atomic E-state index is 5.83. The Morgan fingerprint density at radius 2 is 1.95 bits per heavy atom. The highest BCUT2D eigenvalue weighted by Crippen LogP contribution is 2.19. The number of aliphatic imine (C=N–C) groups is 1. The Balaban J connectivity index is 1.67. The summed E-state index contributed by atoms with van der Waals surface area (Å²) in [7, 11) is 0. The maximum Gasteiger partial charge on any atom is 0.188 e. The third-order valence-corrected chi connectivity index (χ3v) is 3.47. The van der Waals surface area contributed by atoms with Gasteiger partial charge >= 0.3 is 0 Å². The molecule has 3 heteroatoms. The van der Waals surface area contributed by atoms with Crippen LogP contribution in [0.4, 0.5) is 0 Å². The Hall–Kier alpha value is -2.03. The van der Waals surface area contributed by atoms with E-state index in [1.165, 1.54) is 29.2 Å². The minimum Gasteiger partial charge on any atom is -0.370 e. The van der Waals surface area contributed by atoms with Crippen molar-refractivity contribution in [1.82, 2.24) is 5.32 Å². The molecule has 1 saturated carbocycles. The number of rotatable bonds is 4. The Labute approximate surface area is 113 Å². The van der Waals surface area contributed by atoms with Crippen LogP contribution in [0.5, 0.6) is 0 Å². The molecule has 0 unspecified atom stereocenters. The van der Waals surface area contributed by atoms with Crippen molar-refractivity contribution in [3.8, 4) is 0 Å². The van der Waals surface area contributed by atoms with Crippen LogP contribution in [0, 0.1) is 0 Å². The molecule has 0 amide bonds. The van der Waals surface area contributed by atoms with Gasteiger partial charge in [0.25, 0.3) is 0 Å². The highest BCUT2D eigenvalue weighted by Gasteiger charge is 2.21. The summed E-state index contributed by atoms with van der Waals surface area (Å²) in [6.45, 7) is 0.736. The average Bonchev–Trinajstić information content (AvgIpc) is 3.23. The summed E-state index contributed by atoms with van der Waals surface area (Å²) in [5.41, 5.74) is 7.16. The smallest absolute Gasteiger partial charge is 0.188 e. The fraction of sp³-hybridized carbons (Fsp3) is 0.312. The lowest BCUT2D eigenvalue weighted by Crippen LogP contribution is -2.33. The number of nitrogens with zero attached hydrogens (tertiary/aromatic N) is 1. The normalized spacial score (nSPS) is 15.7. The molecule has 1 aliphatic rings. The summed E-state index contributed by atoms with van der Waals surface area (Å²) in [5.74, 6) is 0.586. The summed E-state index contributed by atoms with van der Waals surface area (Å²) in [6.07, 6.45) is 3.37. The molecule has 0 spiro atoms. The average molecular weight is 253 g/mol. The molecule has 0 saturated heterocycles. The van der Waals surface area contributed by atoms with Crippen LogP contribution in [0.1, 0.15) is 18.4 Å². The summed E-state index contributed by atoms with van der Waals surface area (Å²) < 4.78 is 0. The molecule has 2 aromatic carbocycles. The van der Waals surface area contributed by atoms with Gasteiger partial charge in [-0.2, -0.15) is 0 Å². The molecule has 3 nitrogen and oxygen atoms in total. The van der Waals surface area contributed by atoms with E-state index in [-0.39, 0.29) is 0 Å². The van der Waals surface area contributed by atoms with Gasteiger partial charge in [0.2, 0.25) is 0 Å². The van der Waals surface area contributed by atoms with E-state index < -0.39 is 0 Å². The van der Waals surface area contributed by atoms with Gasteiger partial charge in [-0.25, -0.2) is 0 Å². The van der Waals surface area contributed by atoms with E-state index in [9.17, 15) is 0 Å². The van der Waals surface area contributed by atoms with Gasteiger partial charge < -0.3 is 11.1 Å². The van der Waals surface area contributed by atoms with Gasteiger partial charge in [0.05, 0.1) is 0 Å². The van der Waals surface area contributed by atoms with Crippen molar-refractivity contribution in [1.29, 1.82) is 0 Å². The molecule has 1 aliphatic carbocycles. The molecule has 0 radical (unpaired) electrons. The van der Waals surface area contributed by atoms with Crippen LogP contribution in [-0.4, -0.2) is 18.5 Å². The van der Waals surface area contributed by atoms with E-state index in [1.807, 2.05) is 0 Å². The van der Waals surface area contributed by atoms with Crippen molar-refractivity contribution in [2.45, 2.75) is 25.3 Å². The topological polar surface area (TPSA) is 50.4 Å². The first-order chi connectivity index (χ1) is 9.33. The second-order valence-electron chi connectivity index (χ2n) is 5.07. The molecule has 0 aliphatic heterocycles. The van der Waals surface area contributed by atoms with Gasteiger partial charge in [-0.3, -0.25) is 4.99 Å². The van der Waals surface area contributed by atoms with E-state index in [0.29, 0.717) is 12.0 Å². The minimum atomic E-state index is 0.571. The Morgan fingerprint density at radius 1 is 1.16 bits per heavy atom. The van der Waals surface area contributed by atoms with Gasteiger partial charge in [0.15, 0.2) is 5.96 Å². The summed E-state index contributed by atoms with van der Waals surface area (Å²) >= 11 is 0. The zero-order valence-electron chi connectivity index (χ0n) is 11.0. The zero-order chi connectivity index (χ0) is 13.1. The molecule has 0 atom stereocenters. The molecule has 0 aromatic heterocycles. The van der Waals surface area contributed by atoms with Crippen LogP contribution in [0.25, 0.3) is 10.8 Å². The van der Waals surface area contributed by atoms with Crippen molar-refractivity contribution in [3.05, 3.63) is 48.0 Å². The van der Waals surface area contributed by atoms with Gasteiger partial charge in [-0.15, -0.1) is 0 Å². The fourth-order valence-electron chi connectivity index (χ4n) is 2.29. The third-order valence-electron chi connectivity index (χ3n) is 3.47. The van der Waals surface area contributed by atoms with E-state index >= 15 is 0 Å². The van der Waals surface area contributed by atoms with Gasteiger partial charge in [-0.1, -0.05) is 42.5 Å². The van der Waals surface area contributed by atoms with E-state index in [2.05, 4.69) is 52.8 Å². The van der Waals surface area contributed by atoms with Crippen LogP contribution in [0.15, 0.2) is 47.5 Å². The highest BCUT2D eigenvalue weighted by molar-refractivity contribution is 5.85. The highest BCUT2D eigenvalue weighted by atomic mass is 15.1. The third kappa shape index (κ3) is 3.05. The molecule has 0 bridgehead atoms. The Morgan fingerprint density at radius 3 is 2.79 bits per heavy atom. The van der Waals surface area contributed by atoms with Crippen molar-refractivity contribution in [2.24, 2.45) is 10.7 Å². The van der Waals surface area contributed by atoms with Crippen LogP contribution in [0.2, 0.25) is 0 Å². The SMILES string of the molecule is NC(=NCCc1cccc2ccccc12)NC1CC1. The predicted octanol–water partition coefficient (Wildman–Crippen LogP) is 2.45. The Bertz CT molecular complexity index is 594. The largest absolute Gasteiger partial charge is 0.370 e. The predicted molar refractivity (Wildman–Crippen MR) is 80.3 cm³/mol. The standard InChI is InChI=1S/C16H19N3/c17-16(19-14-8-9-14)18-11-10-13-6-3-5-12-4-1-2-7-15(12)13/h1-7,14H,8-11H2,(H3,17,18,19). The van der Waals surface area contributed by atoms with Crippen LogP contribution >= 0.6 is 0 Å². The van der Waals surface area contributed by atoms with Gasteiger partial charge in [0, 0.05) is 12.6 Å². The summed E-state index contributed by atoms with van der Waals surface area (Å²) in [5, 5.41) is 5.80. The van der Waals surface area contributed by atoms with Gasteiger partial charge in [0.1, 0.15) is 0 Å². The maximum atomic E-state index is 5.83.